The van der Waals surface area contributed by atoms with Gasteiger partial charge in [-0.15, -0.1) is 0 Å². The van der Waals surface area contributed by atoms with Gasteiger partial charge in [0.25, 0.3) is 0 Å². The highest BCUT2D eigenvalue weighted by molar-refractivity contribution is 5.74. The zero-order valence-electron chi connectivity index (χ0n) is 12.6. The molecule has 1 aliphatic rings. The van der Waals surface area contributed by atoms with E-state index in [1.807, 2.05) is 0 Å². The first-order valence-electron chi connectivity index (χ1n) is 7.13. The van der Waals surface area contributed by atoms with E-state index in [-0.39, 0.29) is 18.5 Å². The molecule has 2 amide bonds. The largest absolute Gasteiger partial charge is 0.481 e. The van der Waals surface area contributed by atoms with Gasteiger partial charge in [-0.05, 0) is 45.4 Å². The SMILES string of the molecule is CN(CC(C)(C)O)C(=O)NCC1CCC(C(=O)O)CC1. The van der Waals surface area contributed by atoms with Gasteiger partial charge >= 0.3 is 12.0 Å². The Kier molecular flexibility index (Phi) is 5.80. The molecule has 0 aliphatic heterocycles. The molecule has 0 spiro atoms. The Labute approximate surface area is 120 Å². The van der Waals surface area contributed by atoms with E-state index in [1.165, 1.54) is 4.90 Å². The van der Waals surface area contributed by atoms with E-state index in [2.05, 4.69) is 5.32 Å². The molecular formula is C14H26N2O4. The normalized spacial score (nSPS) is 23.2. The predicted octanol–water partition coefficient (Wildman–Crippen LogP) is 1.29. The van der Waals surface area contributed by atoms with Crippen LogP contribution in [0.5, 0.6) is 0 Å². The van der Waals surface area contributed by atoms with E-state index in [4.69, 9.17) is 5.11 Å². The Balaban J connectivity index is 2.27. The summed E-state index contributed by atoms with van der Waals surface area (Å²) in [6, 6.07) is -0.201. The van der Waals surface area contributed by atoms with Crippen molar-refractivity contribution in [1.82, 2.24) is 10.2 Å². The first-order chi connectivity index (χ1) is 9.19. The average Bonchev–Trinajstić information content (AvgIpc) is 2.34. The number of nitrogens with zero attached hydrogens (tertiary/aromatic N) is 1. The van der Waals surface area contributed by atoms with Crippen LogP contribution in [0, 0.1) is 11.8 Å². The van der Waals surface area contributed by atoms with Gasteiger partial charge in [-0.3, -0.25) is 4.79 Å². The van der Waals surface area contributed by atoms with Gasteiger partial charge in [0.15, 0.2) is 0 Å². The molecule has 6 heteroatoms. The van der Waals surface area contributed by atoms with Gasteiger partial charge in [0.2, 0.25) is 0 Å². The highest BCUT2D eigenvalue weighted by Gasteiger charge is 2.26. The van der Waals surface area contributed by atoms with Crippen LogP contribution in [0.25, 0.3) is 0 Å². The van der Waals surface area contributed by atoms with Crippen molar-refractivity contribution in [2.24, 2.45) is 11.8 Å². The summed E-state index contributed by atoms with van der Waals surface area (Å²) in [6.45, 7) is 4.15. The molecule has 0 aromatic rings. The summed E-state index contributed by atoms with van der Waals surface area (Å²) in [5.74, 6) is -0.581. The summed E-state index contributed by atoms with van der Waals surface area (Å²) in [7, 11) is 1.65. The fourth-order valence-corrected chi connectivity index (χ4v) is 2.63. The first kappa shape index (κ1) is 16.8. The predicted molar refractivity (Wildman–Crippen MR) is 75.4 cm³/mol. The number of urea groups is 1. The van der Waals surface area contributed by atoms with Crippen molar-refractivity contribution >= 4 is 12.0 Å². The lowest BCUT2D eigenvalue weighted by molar-refractivity contribution is -0.143. The van der Waals surface area contributed by atoms with Crippen LogP contribution in [-0.2, 0) is 4.79 Å². The number of likely N-dealkylation sites (N-methyl/N-ethyl adjacent to an activating group) is 1. The highest BCUT2D eigenvalue weighted by atomic mass is 16.4. The molecule has 3 N–H and O–H groups in total. The second kappa shape index (κ2) is 6.92. The van der Waals surface area contributed by atoms with Crippen molar-refractivity contribution < 1.29 is 19.8 Å². The van der Waals surface area contributed by atoms with E-state index in [0.717, 1.165) is 12.8 Å². The van der Waals surface area contributed by atoms with Crippen molar-refractivity contribution in [3.63, 3.8) is 0 Å². The molecule has 0 heterocycles. The standard InChI is InChI=1S/C14H26N2O4/c1-14(2,20)9-16(3)13(19)15-8-10-4-6-11(7-5-10)12(17)18/h10-11,20H,4-9H2,1-3H3,(H,15,19)(H,17,18). The van der Waals surface area contributed by atoms with Crippen molar-refractivity contribution in [3.05, 3.63) is 0 Å². The maximum Gasteiger partial charge on any atom is 0.317 e. The molecule has 0 unspecified atom stereocenters. The van der Waals surface area contributed by atoms with Gasteiger partial charge in [-0.2, -0.15) is 0 Å². The molecule has 0 atom stereocenters. The number of hydrogen-bond acceptors (Lipinski definition) is 3. The van der Waals surface area contributed by atoms with Crippen LogP contribution in [0.3, 0.4) is 0 Å². The minimum absolute atomic E-state index is 0.201. The minimum atomic E-state index is -0.911. The molecule has 1 aliphatic carbocycles. The number of rotatable bonds is 5. The summed E-state index contributed by atoms with van der Waals surface area (Å²) in [5, 5.41) is 21.4. The lowest BCUT2D eigenvalue weighted by atomic mass is 9.82. The molecule has 0 bridgehead atoms. The van der Waals surface area contributed by atoms with Gasteiger partial charge in [-0.25, -0.2) is 4.79 Å². The van der Waals surface area contributed by atoms with Gasteiger partial charge in [0.1, 0.15) is 0 Å². The van der Waals surface area contributed by atoms with E-state index in [1.54, 1.807) is 20.9 Å². The average molecular weight is 286 g/mol. The Morgan fingerprint density at radius 2 is 1.80 bits per heavy atom. The van der Waals surface area contributed by atoms with E-state index in [0.29, 0.717) is 25.3 Å². The second-order valence-corrected chi connectivity index (χ2v) is 6.41. The third-order valence-corrected chi connectivity index (χ3v) is 3.71. The molecule has 0 aromatic heterocycles. The summed E-state index contributed by atoms with van der Waals surface area (Å²) in [4.78, 5) is 24.2. The summed E-state index contributed by atoms with van der Waals surface area (Å²) in [6.07, 6.45) is 3.06. The number of aliphatic hydroxyl groups is 1. The monoisotopic (exact) mass is 286 g/mol. The van der Waals surface area contributed by atoms with Crippen LogP contribution in [-0.4, -0.2) is 52.9 Å². The maximum atomic E-state index is 11.8. The smallest absolute Gasteiger partial charge is 0.317 e. The molecule has 0 radical (unpaired) electrons. The molecular weight excluding hydrogens is 260 g/mol. The maximum absolute atomic E-state index is 11.8. The summed E-state index contributed by atoms with van der Waals surface area (Å²) >= 11 is 0. The minimum Gasteiger partial charge on any atom is -0.481 e. The second-order valence-electron chi connectivity index (χ2n) is 6.41. The highest BCUT2D eigenvalue weighted by Crippen LogP contribution is 2.28. The fourth-order valence-electron chi connectivity index (χ4n) is 2.63. The Hall–Kier alpha value is -1.30. The number of aliphatic carboxylic acids is 1. The van der Waals surface area contributed by atoms with Crippen LogP contribution in [0.1, 0.15) is 39.5 Å². The zero-order chi connectivity index (χ0) is 15.3. The number of carboxylic acid groups (broad SMARTS) is 1. The van der Waals surface area contributed by atoms with Crippen molar-refractivity contribution in [3.8, 4) is 0 Å². The van der Waals surface area contributed by atoms with Gasteiger partial charge in [-0.1, -0.05) is 0 Å². The first-order valence-corrected chi connectivity index (χ1v) is 7.13. The molecule has 0 aromatic carbocycles. The zero-order valence-corrected chi connectivity index (χ0v) is 12.6. The van der Waals surface area contributed by atoms with E-state index >= 15 is 0 Å². The summed E-state index contributed by atoms with van der Waals surface area (Å²) < 4.78 is 0. The van der Waals surface area contributed by atoms with Crippen molar-refractivity contribution in [1.29, 1.82) is 0 Å². The lowest BCUT2D eigenvalue weighted by Crippen LogP contribution is -2.46. The van der Waals surface area contributed by atoms with Crippen LogP contribution in [0.15, 0.2) is 0 Å². The van der Waals surface area contributed by atoms with Gasteiger partial charge in [0.05, 0.1) is 18.1 Å². The summed E-state index contributed by atoms with van der Waals surface area (Å²) in [5.41, 5.74) is -0.911. The molecule has 1 saturated carbocycles. The van der Waals surface area contributed by atoms with E-state index < -0.39 is 11.6 Å². The third-order valence-electron chi connectivity index (χ3n) is 3.71. The van der Waals surface area contributed by atoms with Crippen LogP contribution in [0.4, 0.5) is 4.79 Å². The molecule has 20 heavy (non-hydrogen) atoms. The Morgan fingerprint density at radius 3 is 2.25 bits per heavy atom. The van der Waals surface area contributed by atoms with Crippen LogP contribution < -0.4 is 5.32 Å². The van der Waals surface area contributed by atoms with Crippen molar-refractivity contribution in [2.45, 2.75) is 45.1 Å². The quantitative estimate of drug-likeness (QED) is 0.710. The number of carbonyl (C=O) groups excluding carboxylic acids is 1. The molecule has 1 fully saturated rings. The molecule has 0 saturated heterocycles. The third kappa shape index (κ3) is 5.77. The van der Waals surface area contributed by atoms with Crippen LogP contribution in [0.2, 0.25) is 0 Å². The molecule has 1 rings (SSSR count). The molecule has 6 nitrogen and oxygen atoms in total. The Bertz CT molecular complexity index is 344. The number of hydrogen-bond donors (Lipinski definition) is 3. The topological polar surface area (TPSA) is 89.9 Å². The number of carboxylic acids is 1. The van der Waals surface area contributed by atoms with Crippen molar-refractivity contribution in [2.75, 3.05) is 20.1 Å². The molecule has 116 valence electrons. The lowest BCUT2D eigenvalue weighted by Gasteiger charge is -2.29. The number of amides is 2. The van der Waals surface area contributed by atoms with Crippen LogP contribution >= 0.6 is 0 Å². The Morgan fingerprint density at radius 1 is 1.25 bits per heavy atom. The van der Waals surface area contributed by atoms with Gasteiger partial charge in [0, 0.05) is 13.6 Å². The number of nitrogens with one attached hydrogen (secondary N) is 1. The van der Waals surface area contributed by atoms with E-state index in [9.17, 15) is 14.7 Å². The number of carbonyl (C=O) groups is 2. The van der Waals surface area contributed by atoms with Gasteiger partial charge < -0.3 is 20.4 Å². The fraction of sp³-hybridized carbons (Fsp3) is 0.857.